The van der Waals surface area contributed by atoms with E-state index in [1.807, 2.05) is 0 Å². The van der Waals surface area contributed by atoms with Crippen molar-refractivity contribution >= 4 is 5.69 Å². The highest BCUT2D eigenvalue weighted by Gasteiger charge is 2.23. The maximum absolute atomic E-state index is 13.1. The normalized spacial score (nSPS) is 12.1. The highest BCUT2D eigenvalue weighted by atomic mass is 19.1. The van der Waals surface area contributed by atoms with Gasteiger partial charge in [0.05, 0.1) is 16.2 Å². The van der Waals surface area contributed by atoms with E-state index < -0.39 is 16.8 Å². The predicted molar refractivity (Wildman–Crippen MR) is 61.4 cm³/mol. The van der Waals surface area contributed by atoms with Gasteiger partial charge in [0.1, 0.15) is 11.9 Å². The van der Waals surface area contributed by atoms with Crippen molar-refractivity contribution in [2.24, 2.45) is 0 Å². The average Bonchev–Trinajstić information content (AvgIpc) is 2.38. The van der Waals surface area contributed by atoms with E-state index in [0.29, 0.717) is 0 Å². The molecule has 92 valence electrons. The van der Waals surface area contributed by atoms with Crippen molar-refractivity contribution in [3.05, 3.63) is 69.8 Å². The summed E-state index contributed by atoms with van der Waals surface area (Å²) in [5.41, 5.74) is -0.223. The molecule has 1 unspecified atom stereocenters. The van der Waals surface area contributed by atoms with E-state index in [-0.39, 0.29) is 16.9 Å². The van der Waals surface area contributed by atoms with Crippen LogP contribution in [0.1, 0.15) is 17.4 Å². The Morgan fingerprint density at radius 2 is 2.11 bits per heavy atom. The largest absolute Gasteiger partial charge is 0.382 e. The van der Waals surface area contributed by atoms with Crippen molar-refractivity contribution in [1.82, 2.24) is 4.98 Å². The van der Waals surface area contributed by atoms with E-state index in [2.05, 4.69) is 4.98 Å². The zero-order valence-corrected chi connectivity index (χ0v) is 9.15. The van der Waals surface area contributed by atoms with Crippen LogP contribution in [-0.2, 0) is 0 Å². The lowest BCUT2D eigenvalue weighted by Crippen LogP contribution is -2.06. The van der Waals surface area contributed by atoms with Crippen molar-refractivity contribution in [3.63, 3.8) is 0 Å². The molecule has 1 aromatic carbocycles. The van der Waals surface area contributed by atoms with Gasteiger partial charge in [-0.05, 0) is 24.3 Å². The molecular formula is C12H9FN2O3. The Morgan fingerprint density at radius 1 is 1.33 bits per heavy atom. The Kier molecular flexibility index (Phi) is 3.29. The minimum Gasteiger partial charge on any atom is -0.382 e. The molecule has 6 heteroatoms. The van der Waals surface area contributed by atoms with Crippen molar-refractivity contribution in [2.75, 3.05) is 0 Å². The molecule has 0 fully saturated rings. The van der Waals surface area contributed by atoms with Crippen LogP contribution in [0.4, 0.5) is 10.1 Å². The first-order valence-electron chi connectivity index (χ1n) is 5.12. The van der Waals surface area contributed by atoms with Crippen molar-refractivity contribution in [1.29, 1.82) is 0 Å². The second-order valence-electron chi connectivity index (χ2n) is 3.62. The van der Waals surface area contributed by atoms with Gasteiger partial charge in [0.2, 0.25) is 0 Å². The Balaban J connectivity index is 2.50. The van der Waals surface area contributed by atoms with Crippen LogP contribution in [0.5, 0.6) is 0 Å². The van der Waals surface area contributed by atoms with Gasteiger partial charge >= 0.3 is 0 Å². The monoisotopic (exact) mass is 248 g/mol. The number of halogens is 1. The van der Waals surface area contributed by atoms with Crippen molar-refractivity contribution < 1.29 is 14.4 Å². The molecule has 0 aliphatic rings. The lowest BCUT2D eigenvalue weighted by Gasteiger charge is -2.10. The van der Waals surface area contributed by atoms with Gasteiger partial charge in [-0.3, -0.25) is 15.1 Å². The molecule has 0 aliphatic carbocycles. The molecule has 1 heterocycles. The number of nitrogens with zero attached hydrogens (tertiary/aromatic N) is 2. The fourth-order valence-electron chi connectivity index (χ4n) is 1.61. The number of aliphatic hydroxyl groups is 1. The van der Waals surface area contributed by atoms with Gasteiger partial charge in [0, 0.05) is 12.3 Å². The Hall–Kier alpha value is -2.34. The van der Waals surface area contributed by atoms with Gasteiger partial charge in [-0.1, -0.05) is 6.07 Å². The second kappa shape index (κ2) is 4.89. The molecule has 1 aromatic heterocycles. The SMILES string of the molecule is O=[N+]([O-])c1ccc(F)cc1C(O)c1ccccn1. The van der Waals surface area contributed by atoms with Gasteiger partial charge in [0.25, 0.3) is 5.69 Å². The predicted octanol–water partition coefficient (Wildman–Crippen LogP) is 2.21. The van der Waals surface area contributed by atoms with Gasteiger partial charge in [-0.15, -0.1) is 0 Å². The van der Waals surface area contributed by atoms with Crippen LogP contribution in [0.2, 0.25) is 0 Å². The number of hydrogen-bond acceptors (Lipinski definition) is 4. The summed E-state index contributed by atoms with van der Waals surface area (Å²) in [5.74, 6) is -0.648. The minimum atomic E-state index is -1.33. The highest BCUT2D eigenvalue weighted by molar-refractivity contribution is 5.44. The molecule has 0 radical (unpaired) electrons. The molecule has 0 saturated heterocycles. The van der Waals surface area contributed by atoms with Crippen LogP contribution in [0.15, 0.2) is 42.6 Å². The first-order chi connectivity index (χ1) is 8.59. The zero-order chi connectivity index (χ0) is 13.1. The number of aliphatic hydroxyl groups excluding tert-OH is 1. The maximum Gasteiger partial charge on any atom is 0.275 e. The third-order valence-corrected chi connectivity index (χ3v) is 2.45. The Morgan fingerprint density at radius 3 is 2.72 bits per heavy atom. The molecule has 5 nitrogen and oxygen atoms in total. The van der Waals surface area contributed by atoms with Gasteiger partial charge in [0.15, 0.2) is 0 Å². The maximum atomic E-state index is 13.1. The molecule has 1 atom stereocenters. The minimum absolute atomic E-state index is 0.112. The van der Waals surface area contributed by atoms with Gasteiger partial charge < -0.3 is 5.11 Å². The fraction of sp³-hybridized carbons (Fsp3) is 0.0833. The standard InChI is InChI=1S/C12H9FN2O3/c13-8-4-5-11(15(17)18)9(7-8)12(16)10-3-1-2-6-14-10/h1-7,12,16H. The van der Waals surface area contributed by atoms with Gasteiger partial charge in [-0.2, -0.15) is 0 Å². The van der Waals surface area contributed by atoms with E-state index in [0.717, 1.165) is 18.2 Å². The molecule has 1 N–H and O–H groups in total. The summed E-state index contributed by atoms with van der Waals surface area (Å²) in [5, 5.41) is 20.8. The first kappa shape index (κ1) is 12.1. The molecule has 0 bridgehead atoms. The van der Waals surface area contributed by atoms with E-state index in [1.54, 1.807) is 12.1 Å². The van der Waals surface area contributed by atoms with E-state index in [1.165, 1.54) is 12.3 Å². The number of hydrogen-bond donors (Lipinski definition) is 1. The summed E-state index contributed by atoms with van der Waals surface area (Å²) in [6.45, 7) is 0. The third kappa shape index (κ3) is 2.33. The zero-order valence-electron chi connectivity index (χ0n) is 9.15. The number of nitro benzene ring substituents is 1. The van der Waals surface area contributed by atoms with Crippen LogP contribution in [0, 0.1) is 15.9 Å². The molecule has 18 heavy (non-hydrogen) atoms. The van der Waals surface area contributed by atoms with Gasteiger partial charge in [-0.25, -0.2) is 4.39 Å². The van der Waals surface area contributed by atoms with Crippen LogP contribution >= 0.6 is 0 Å². The summed E-state index contributed by atoms with van der Waals surface area (Å²) in [6.07, 6.45) is 0.117. The summed E-state index contributed by atoms with van der Waals surface area (Å²) in [6, 6.07) is 7.74. The molecule has 0 amide bonds. The lowest BCUT2D eigenvalue weighted by atomic mass is 10.0. The Bertz CT molecular complexity index is 575. The molecule has 0 saturated carbocycles. The van der Waals surface area contributed by atoms with Crippen molar-refractivity contribution in [2.45, 2.75) is 6.10 Å². The average molecular weight is 248 g/mol. The van der Waals surface area contributed by atoms with Crippen molar-refractivity contribution in [3.8, 4) is 0 Å². The molecule has 2 rings (SSSR count). The summed E-state index contributed by atoms with van der Waals surface area (Å²) in [7, 11) is 0. The summed E-state index contributed by atoms with van der Waals surface area (Å²) < 4.78 is 13.1. The van der Waals surface area contributed by atoms with E-state index >= 15 is 0 Å². The van der Waals surface area contributed by atoms with Crippen LogP contribution in [-0.4, -0.2) is 15.0 Å². The third-order valence-electron chi connectivity index (χ3n) is 2.45. The van der Waals surface area contributed by atoms with E-state index in [9.17, 15) is 19.6 Å². The molecule has 2 aromatic rings. The van der Waals surface area contributed by atoms with Crippen LogP contribution in [0.3, 0.4) is 0 Å². The quantitative estimate of drug-likeness (QED) is 0.667. The molecular weight excluding hydrogens is 239 g/mol. The summed E-state index contributed by atoms with van der Waals surface area (Å²) in [4.78, 5) is 14.0. The first-order valence-corrected chi connectivity index (χ1v) is 5.12. The second-order valence-corrected chi connectivity index (χ2v) is 3.62. The molecule has 0 aliphatic heterocycles. The summed E-state index contributed by atoms with van der Waals surface area (Å²) >= 11 is 0. The topological polar surface area (TPSA) is 76.3 Å². The Labute approximate surface area is 102 Å². The van der Waals surface area contributed by atoms with Crippen LogP contribution < -0.4 is 0 Å². The fourth-order valence-corrected chi connectivity index (χ4v) is 1.61. The number of benzene rings is 1. The number of pyridine rings is 1. The van der Waals surface area contributed by atoms with E-state index in [4.69, 9.17) is 0 Å². The number of nitro groups is 1. The smallest absolute Gasteiger partial charge is 0.275 e. The number of rotatable bonds is 3. The lowest BCUT2D eigenvalue weighted by molar-refractivity contribution is -0.386. The van der Waals surface area contributed by atoms with Crippen LogP contribution in [0.25, 0.3) is 0 Å². The highest BCUT2D eigenvalue weighted by Crippen LogP contribution is 2.29. The molecule has 0 spiro atoms. The number of aromatic nitrogens is 1.